The molecule has 28 heavy (non-hydrogen) atoms. The van der Waals surface area contributed by atoms with Gasteiger partial charge in [-0.1, -0.05) is 0 Å². The number of aromatic nitrogens is 3. The number of anilines is 3. The molecule has 0 fully saturated rings. The topological polar surface area (TPSA) is 106 Å². The van der Waals surface area contributed by atoms with E-state index in [2.05, 4.69) is 20.5 Å². The maximum Gasteiger partial charge on any atom is 0.261 e. The summed E-state index contributed by atoms with van der Waals surface area (Å²) in [6.45, 7) is 0.507. The first kappa shape index (κ1) is 16.5. The van der Waals surface area contributed by atoms with E-state index in [9.17, 15) is 4.79 Å². The summed E-state index contributed by atoms with van der Waals surface area (Å²) < 4.78 is 5.69. The van der Waals surface area contributed by atoms with Crippen LogP contribution >= 0.6 is 11.3 Å². The van der Waals surface area contributed by atoms with E-state index >= 15 is 0 Å². The third-order valence-corrected chi connectivity index (χ3v) is 5.51. The van der Waals surface area contributed by atoms with Gasteiger partial charge in [-0.05, 0) is 36.4 Å². The Kier molecular flexibility index (Phi) is 3.80. The number of rotatable bonds is 4. The van der Waals surface area contributed by atoms with Gasteiger partial charge in [0.15, 0.2) is 0 Å². The normalized spacial score (nSPS) is 12.6. The van der Waals surface area contributed by atoms with Crippen LogP contribution in [0.2, 0.25) is 0 Å². The Morgan fingerprint density at radius 1 is 1.18 bits per heavy atom. The maximum absolute atomic E-state index is 12.0. The molecule has 9 heteroatoms. The van der Waals surface area contributed by atoms with Crippen molar-refractivity contribution in [3.63, 3.8) is 0 Å². The van der Waals surface area contributed by atoms with E-state index in [1.54, 1.807) is 24.5 Å². The van der Waals surface area contributed by atoms with E-state index in [1.807, 2.05) is 35.2 Å². The number of nitrogens with zero attached hydrogens (tertiary/aromatic N) is 4. The molecular weight excluding hydrogens is 376 g/mol. The third-order valence-electron chi connectivity index (χ3n) is 4.41. The molecule has 0 atom stereocenters. The van der Waals surface area contributed by atoms with Gasteiger partial charge in [0.05, 0.1) is 17.7 Å². The fourth-order valence-corrected chi connectivity index (χ4v) is 4.22. The molecule has 0 saturated heterocycles. The smallest absolute Gasteiger partial charge is 0.261 e. The van der Waals surface area contributed by atoms with Crippen LogP contribution < -0.4 is 20.7 Å². The molecule has 1 aromatic carbocycles. The highest BCUT2D eigenvalue weighted by Crippen LogP contribution is 2.46. The van der Waals surface area contributed by atoms with Crippen molar-refractivity contribution in [2.24, 2.45) is 5.73 Å². The molecule has 1 aliphatic heterocycles. The molecule has 8 nitrogen and oxygen atoms in total. The summed E-state index contributed by atoms with van der Waals surface area (Å²) in [6.07, 6.45) is 3.31. The van der Waals surface area contributed by atoms with Gasteiger partial charge in [-0.25, -0.2) is 4.98 Å². The Hall–Kier alpha value is -3.72. The lowest BCUT2D eigenvalue weighted by Gasteiger charge is -2.30. The summed E-state index contributed by atoms with van der Waals surface area (Å²) in [5.41, 5.74) is 8.28. The minimum Gasteiger partial charge on any atom is -0.438 e. The molecule has 0 spiro atoms. The van der Waals surface area contributed by atoms with E-state index < -0.39 is 5.91 Å². The zero-order valence-electron chi connectivity index (χ0n) is 14.5. The van der Waals surface area contributed by atoms with Crippen LogP contribution in [0.15, 0.2) is 54.9 Å². The summed E-state index contributed by atoms with van der Waals surface area (Å²) in [7, 11) is 0. The van der Waals surface area contributed by atoms with Gasteiger partial charge in [0.1, 0.15) is 15.5 Å². The molecule has 138 valence electrons. The fraction of sp³-hybridized carbons (Fsp3) is 0.0526. The summed E-state index contributed by atoms with van der Waals surface area (Å²) in [5.74, 6) is 0.603. The number of carbonyl (C=O) groups excluding carboxylic acids is 1. The van der Waals surface area contributed by atoms with Gasteiger partial charge in [-0.15, -0.1) is 16.4 Å². The monoisotopic (exact) mass is 390 g/mol. The number of carbonyl (C=O) groups is 1. The van der Waals surface area contributed by atoms with Gasteiger partial charge in [-0.2, -0.15) is 5.10 Å². The number of primary amides is 1. The van der Waals surface area contributed by atoms with Crippen molar-refractivity contribution in [2.75, 3.05) is 16.9 Å². The zero-order chi connectivity index (χ0) is 19.1. The lowest BCUT2D eigenvalue weighted by atomic mass is 10.1. The van der Waals surface area contributed by atoms with Crippen LogP contribution in [0.4, 0.5) is 17.1 Å². The first-order valence-electron chi connectivity index (χ1n) is 8.49. The van der Waals surface area contributed by atoms with E-state index in [0.29, 0.717) is 23.2 Å². The Morgan fingerprint density at radius 2 is 2.04 bits per heavy atom. The minimum absolute atomic E-state index is 0.422. The van der Waals surface area contributed by atoms with Gasteiger partial charge in [0.2, 0.25) is 5.88 Å². The largest absolute Gasteiger partial charge is 0.438 e. The van der Waals surface area contributed by atoms with Crippen molar-refractivity contribution in [1.29, 1.82) is 0 Å². The van der Waals surface area contributed by atoms with Crippen LogP contribution in [0.3, 0.4) is 0 Å². The van der Waals surface area contributed by atoms with Crippen molar-refractivity contribution in [3.8, 4) is 11.6 Å². The van der Waals surface area contributed by atoms with Gasteiger partial charge in [0, 0.05) is 29.8 Å². The molecule has 0 radical (unpaired) electrons. The minimum atomic E-state index is -0.460. The van der Waals surface area contributed by atoms with Crippen molar-refractivity contribution in [2.45, 2.75) is 0 Å². The molecule has 3 aromatic heterocycles. The second-order valence-electron chi connectivity index (χ2n) is 6.10. The number of nitrogens with one attached hydrogen (secondary N) is 1. The standard InChI is InChI=1S/C19H14N6O2S/c20-18(26)17-16-15-13(7-9-21-19(15)28-17)22-10-25(16)11-3-5-12(6-4-11)27-14-2-1-8-23-24-14/h1-9,22H,10H2,(H2,20,26). The highest BCUT2D eigenvalue weighted by atomic mass is 32.1. The number of benzene rings is 1. The van der Waals surface area contributed by atoms with Crippen molar-refractivity contribution in [1.82, 2.24) is 15.2 Å². The maximum atomic E-state index is 12.0. The predicted molar refractivity (Wildman–Crippen MR) is 107 cm³/mol. The number of ether oxygens (including phenoxy) is 1. The molecule has 3 N–H and O–H groups in total. The zero-order valence-corrected chi connectivity index (χ0v) is 15.3. The number of hydrogen-bond donors (Lipinski definition) is 2. The Morgan fingerprint density at radius 3 is 2.79 bits per heavy atom. The first-order valence-corrected chi connectivity index (χ1v) is 9.31. The molecule has 0 bridgehead atoms. The Labute approximate surface area is 163 Å². The van der Waals surface area contributed by atoms with E-state index in [-0.39, 0.29) is 0 Å². The van der Waals surface area contributed by atoms with E-state index in [4.69, 9.17) is 10.5 Å². The van der Waals surface area contributed by atoms with Crippen LogP contribution in [-0.4, -0.2) is 27.8 Å². The van der Waals surface area contributed by atoms with Crippen molar-refractivity contribution < 1.29 is 9.53 Å². The van der Waals surface area contributed by atoms with Gasteiger partial charge < -0.3 is 20.7 Å². The quantitative estimate of drug-likeness (QED) is 0.549. The summed E-state index contributed by atoms with van der Waals surface area (Å²) >= 11 is 1.31. The Bertz CT molecular complexity index is 1180. The Balaban J connectivity index is 1.53. The van der Waals surface area contributed by atoms with Gasteiger partial charge in [-0.3, -0.25) is 4.79 Å². The predicted octanol–water partition coefficient (Wildman–Crippen LogP) is 3.50. The lowest BCUT2D eigenvalue weighted by Crippen LogP contribution is -2.29. The summed E-state index contributed by atoms with van der Waals surface area (Å²) in [6, 6.07) is 12.9. The number of nitrogens with two attached hydrogens (primary N) is 1. The van der Waals surface area contributed by atoms with Crippen LogP contribution in [0.1, 0.15) is 9.67 Å². The molecule has 1 aliphatic rings. The van der Waals surface area contributed by atoms with Crippen LogP contribution in [0.5, 0.6) is 11.6 Å². The van der Waals surface area contributed by atoms with Gasteiger partial charge in [0.25, 0.3) is 5.91 Å². The second kappa shape index (κ2) is 6.46. The van der Waals surface area contributed by atoms with Gasteiger partial charge >= 0.3 is 0 Å². The first-order chi connectivity index (χ1) is 13.7. The average molecular weight is 390 g/mol. The molecule has 1 amide bonds. The fourth-order valence-electron chi connectivity index (χ4n) is 3.20. The van der Waals surface area contributed by atoms with Crippen molar-refractivity contribution in [3.05, 3.63) is 59.7 Å². The SMILES string of the molecule is NC(=O)c1sc2nccc3c2c1N(c1ccc(Oc2cccnn2)cc1)CN3. The molecule has 0 aliphatic carbocycles. The van der Waals surface area contributed by atoms with E-state index in [1.165, 1.54) is 11.3 Å². The molecule has 5 rings (SSSR count). The van der Waals surface area contributed by atoms with E-state index in [0.717, 1.165) is 27.3 Å². The second-order valence-corrected chi connectivity index (χ2v) is 7.10. The average Bonchev–Trinajstić information content (AvgIpc) is 3.12. The van der Waals surface area contributed by atoms with Crippen LogP contribution in [0, 0.1) is 0 Å². The van der Waals surface area contributed by atoms with Crippen molar-refractivity contribution >= 4 is 44.5 Å². The number of hydrogen-bond acceptors (Lipinski definition) is 8. The number of amides is 1. The number of pyridine rings is 1. The third kappa shape index (κ3) is 2.69. The molecule has 0 saturated carbocycles. The molecular formula is C19H14N6O2S. The van der Waals surface area contributed by atoms with Crippen LogP contribution in [-0.2, 0) is 0 Å². The molecule has 0 unspecified atom stereocenters. The summed E-state index contributed by atoms with van der Waals surface area (Å²) in [4.78, 5) is 19.7. The summed E-state index contributed by atoms with van der Waals surface area (Å²) in [5, 5.41) is 12.0. The lowest BCUT2D eigenvalue weighted by molar-refractivity contribution is 0.100. The highest BCUT2D eigenvalue weighted by molar-refractivity contribution is 7.21. The molecule has 4 heterocycles. The highest BCUT2D eigenvalue weighted by Gasteiger charge is 2.28. The van der Waals surface area contributed by atoms with Crippen LogP contribution in [0.25, 0.3) is 10.2 Å². The molecule has 4 aromatic rings. The number of thiophene rings is 1.